The number of aliphatic hydroxyl groups is 1. The van der Waals surface area contributed by atoms with Gasteiger partial charge in [-0.05, 0) is 49.2 Å². The van der Waals surface area contributed by atoms with Gasteiger partial charge in [0.05, 0.1) is 11.8 Å². The van der Waals surface area contributed by atoms with Crippen molar-refractivity contribution in [3.8, 4) is 0 Å². The summed E-state index contributed by atoms with van der Waals surface area (Å²) in [5.41, 5.74) is 2.61. The van der Waals surface area contributed by atoms with E-state index in [0.29, 0.717) is 0 Å². The molecular weight excluding hydrogens is 314 g/mol. The first-order valence-corrected chi connectivity index (χ1v) is 8.43. The van der Waals surface area contributed by atoms with Gasteiger partial charge in [0, 0.05) is 12.2 Å². The molecule has 2 aromatic carbocycles. The van der Waals surface area contributed by atoms with Crippen molar-refractivity contribution in [3.05, 3.63) is 65.5 Å². The van der Waals surface area contributed by atoms with Gasteiger partial charge in [-0.25, -0.2) is 0 Å². The van der Waals surface area contributed by atoms with E-state index in [4.69, 9.17) is 0 Å². The molecule has 0 spiro atoms. The van der Waals surface area contributed by atoms with Crippen LogP contribution in [0.15, 0.2) is 48.5 Å². The average Bonchev–Trinajstić information content (AvgIpc) is 2.96. The van der Waals surface area contributed by atoms with Crippen LogP contribution in [0.25, 0.3) is 10.8 Å². The first-order chi connectivity index (χ1) is 12.0. The van der Waals surface area contributed by atoms with E-state index in [2.05, 4.69) is 10.4 Å². The summed E-state index contributed by atoms with van der Waals surface area (Å²) in [6.07, 6.45) is -0.749. The second-order valence-corrected chi connectivity index (χ2v) is 6.42. The summed E-state index contributed by atoms with van der Waals surface area (Å²) >= 11 is 0. The molecule has 5 heteroatoms. The minimum absolute atomic E-state index is 0.161. The number of amides is 1. The van der Waals surface area contributed by atoms with Gasteiger partial charge in [-0.15, -0.1) is 0 Å². The van der Waals surface area contributed by atoms with Gasteiger partial charge >= 0.3 is 0 Å². The molecule has 1 heterocycles. The number of aryl methyl sites for hydroxylation is 2. The van der Waals surface area contributed by atoms with Crippen molar-refractivity contribution in [3.63, 3.8) is 0 Å². The molecule has 0 radical (unpaired) electrons. The lowest BCUT2D eigenvalue weighted by molar-refractivity contribution is -0.124. The number of hydrogen-bond acceptors (Lipinski definition) is 3. The van der Waals surface area contributed by atoms with E-state index < -0.39 is 12.1 Å². The maximum atomic E-state index is 12.4. The fraction of sp³-hybridized carbons (Fsp3) is 0.300. The molecule has 0 aliphatic carbocycles. The Kier molecular flexibility index (Phi) is 4.86. The Labute approximate surface area is 147 Å². The molecule has 0 saturated carbocycles. The van der Waals surface area contributed by atoms with E-state index in [1.165, 1.54) is 0 Å². The van der Waals surface area contributed by atoms with Crippen LogP contribution in [-0.4, -0.2) is 27.3 Å². The summed E-state index contributed by atoms with van der Waals surface area (Å²) in [5.74, 6) is -0.161. The van der Waals surface area contributed by atoms with E-state index in [1.807, 2.05) is 62.4 Å². The highest BCUT2D eigenvalue weighted by molar-refractivity contribution is 5.83. The third-order valence-electron chi connectivity index (χ3n) is 4.42. The molecule has 2 N–H and O–H groups in total. The van der Waals surface area contributed by atoms with Gasteiger partial charge in [0.15, 0.2) is 0 Å². The van der Waals surface area contributed by atoms with Crippen molar-refractivity contribution in [1.29, 1.82) is 0 Å². The fourth-order valence-electron chi connectivity index (χ4n) is 3.03. The van der Waals surface area contributed by atoms with Gasteiger partial charge < -0.3 is 10.4 Å². The Morgan fingerprint density at radius 2 is 1.88 bits per heavy atom. The van der Waals surface area contributed by atoms with E-state index in [-0.39, 0.29) is 12.5 Å². The van der Waals surface area contributed by atoms with Gasteiger partial charge in [0.2, 0.25) is 5.91 Å². The zero-order valence-electron chi connectivity index (χ0n) is 14.7. The zero-order valence-corrected chi connectivity index (χ0v) is 14.7. The number of aliphatic hydroxyl groups excluding tert-OH is 1. The number of carbonyl (C=O) groups is 1. The third-order valence-corrected chi connectivity index (χ3v) is 4.42. The van der Waals surface area contributed by atoms with Crippen LogP contribution in [0.4, 0.5) is 0 Å². The zero-order chi connectivity index (χ0) is 18.0. The molecule has 0 saturated heterocycles. The summed E-state index contributed by atoms with van der Waals surface area (Å²) < 4.78 is 1.70. The Morgan fingerprint density at radius 3 is 2.56 bits per heavy atom. The van der Waals surface area contributed by atoms with Gasteiger partial charge in [0.1, 0.15) is 6.04 Å². The van der Waals surface area contributed by atoms with Gasteiger partial charge in [-0.1, -0.05) is 36.4 Å². The maximum Gasteiger partial charge on any atom is 0.244 e. The number of carbonyl (C=O) groups excluding carboxylic acids is 1. The normalized spacial score (nSPS) is 13.6. The van der Waals surface area contributed by atoms with Crippen LogP contribution in [0.3, 0.4) is 0 Å². The number of nitrogens with zero attached hydrogens (tertiary/aromatic N) is 2. The van der Waals surface area contributed by atoms with E-state index >= 15 is 0 Å². The standard InChI is InChI=1S/C20H23N3O2/c1-13-10-14(2)23(22-13)15(3)20(25)21-12-19(24)18-9-8-16-6-4-5-7-17(16)11-18/h4-11,15,19,24H,12H2,1-3H3,(H,21,25)/t15-,19+/m0/s1. The fourth-order valence-corrected chi connectivity index (χ4v) is 3.03. The highest BCUT2D eigenvalue weighted by atomic mass is 16.3. The summed E-state index contributed by atoms with van der Waals surface area (Å²) in [7, 11) is 0. The Morgan fingerprint density at radius 1 is 1.16 bits per heavy atom. The molecule has 0 fully saturated rings. The number of hydrogen-bond donors (Lipinski definition) is 2. The minimum Gasteiger partial charge on any atom is -0.387 e. The number of nitrogens with one attached hydrogen (secondary N) is 1. The molecule has 3 rings (SSSR count). The minimum atomic E-state index is -0.749. The van der Waals surface area contributed by atoms with Gasteiger partial charge in [0.25, 0.3) is 0 Å². The van der Waals surface area contributed by atoms with Crippen molar-refractivity contribution < 1.29 is 9.90 Å². The molecule has 2 atom stereocenters. The lowest BCUT2D eigenvalue weighted by Crippen LogP contribution is -2.34. The molecule has 25 heavy (non-hydrogen) atoms. The Bertz CT molecular complexity index is 901. The van der Waals surface area contributed by atoms with Gasteiger partial charge in [-0.3, -0.25) is 9.48 Å². The van der Waals surface area contributed by atoms with Crippen LogP contribution in [0.5, 0.6) is 0 Å². The van der Waals surface area contributed by atoms with E-state index in [1.54, 1.807) is 11.6 Å². The van der Waals surface area contributed by atoms with E-state index in [9.17, 15) is 9.90 Å². The average molecular weight is 337 g/mol. The largest absolute Gasteiger partial charge is 0.387 e. The van der Waals surface area contributed by atoms with Crippen molar-refractivity contribution in [2.75, 3.05) is 6.54 Å². The van der Waals surface area contributed by atoms with E-state index in [0.717, 1.165) is 27.7 Å². The topological polar surface area (TPSA) is 67.2 Å². The first kappa shape index (κ1) is 17.2. The van der Waals surface area contributed by atoms with Crippen molar-refractivity contribution >= 4 is 16.7 Å². The predicted octanol–water partition coefficient (Wildman–Crippen LogP) is 3.06. The smallest absolute Gasteiger partial charge is 0.244 e. The van der Waals surface area contributed by atoms with Crippen molar-refractivity contribution in [2.24, 2.45) is 0 Å². The van der Waals surface area contributed by atoms with Gasteiger partial charge in [-0.2, -0.15) is 5.10 Å². The molecule has 5 nitrogen and oxygen atoms in total. The van der Waals surface area contributed by atoms with Crippen LogP contribution in [0.2, 0.25) is 0 Å². The number of rotatable bonds is 5. The molecular formula is C20H23N3O2. The Hall–Kier alpha value is -2.66. The van der Waals surface area contributed by atoms with Crippen molar-refractivity contribution in [2.45, 2.75) is 32.9 Å². The molecule has 130 valence electrons. The second kappa shape index (κ2) is 7.07. The first-order valence-electron chi connectivity index (χ1n) is 8.43. The summed E-state index contributed by atoms with van der Waals surface area (Å²) in [5, 5.41) is 19.8. The molecule has 1 amide bonds. The quantitative estimate of drug-likeness (QED) is 0.752. The molecule has 0 unspecified atom stereocenters. The van der Waals surface area contributed by atoms with Crippen LogP contribution >= 0.6 is 0 Å². The number of benzene rings is 2. The molecule has 0 aliphatic heterocycles. The summed E-state index contributed by atoms with van der Waals surface area (Å²) in [6.45, 7) is 5.79. The highest BCUT2D eigenvalue weighted by Crippen LogP contribution is 2.20. The second-order valence-electron chi connectivity index (χ2n) is 6.42. The summed E-state index contributed by atoms with van der Waals surface area (Å²) in [4.78, 5) is 12.4. The van der Waals surface area contributed by atoms with Crippen LogP contribution in [-0.2, 0) is 4.79 Å². The van der Waals surface area contributed by atoms with Crippen LogP contribution in [0, 0.1) is 13.8 Å². The molecule has 1 aromatic heterocycles. The lowest BCUT2D eigenvalue weighted by Gasteiger charge is -2.17. The predicted molar refractivity (Wildman–Crippen MR) is 98.3 cm³/mol. The molecule has 0 bridgehead atoms. The molecule has 0 aliphatic rings. The molecule has 3 aromatic rings. The highest BCUT2D eigenvalue weighted by Gasteiger charge is 2.19. The van der Waals surface area contributed by atoms with Crippen molar-refractivity contribution in [1.82, 2.24) is 15.1 Å². The third kappa shape index (κ3) is 3.72. The monoisotopic (exact) mass is 337 g/mol. The number of fused-ring (bicyclic) bond motifs is 1. The summed E-state index contributed by atoms with van der Waals surface area (Å²) in [6, 6.07) is 15.3. The number of aromatic nitrogens is 2. The SMILES string of the molecule is Cc1cc(C)n([C@@H](C)C(=O)NC[C@@H](O)c2ccc3ccccc3c2)n1. The maximum absolute atomic E-state index is 12.4. The lowest BCUT2D eigenvalue weighted by atomic mass is 10.0. The van der Waals surface area contributed by atoms with Crippen LogP contribution in [0.1, 0.15) is 36.0 Å². The Balaban J connectivity index is 1.65. The van der Waals surface area contributed by atoms with Crippen LogP contribution < -0.4 is 5.32 Å².